The van der Waals surface area contributed by atoms with E-state index in [1.165, 1.54) is 0 Å². The van der Waals surface area contributed by atoms with Gasteiger partial charge in [-0.05, 0) is 30.5 Å². The number of hydrogen-bond acceptors (Lipinski definition) is 5. The molecule has 164 valence electrons. The monoisotopic (exact) mass is 424 g/mol. The summed E-state index contributed by atoms with van der Waals surface area (Å²) < 4.78 is 10.8. The highest BCUT2D eigenvalue weighted by Gasteiger charge is 2.46. The van der Waals surface area contributed by atoms with Gasteiger partial charge in [-0.2, -0.15) is 0 Å². The van der Waals surface area contributed by atoms with Crippen molar-refractivity contribution in [3.63, 3.8) is 0 Å². The molecule has 8 nitrogen and oxygen atoms in total. The molecule has 1 aliphatic heterocycles. The van der Waals surface area contributed by atoms with Crippen LogP contribution in [0.5, 0.6) is 5.75 Å². The first kappa shape index (κ1) is 21.0. The molecule has 2 N–H and O–H groups in total. The number of H-pyrrole nitrogens is 1. The molecule has 0 spiro atoms. The Bertz CT molecular complexity index is 1120. The van der Waals surface area contributed by atoms with Gasteiger partial charge in [-0.1, -0.05) is 19.0 Å². The Labute approximate surface area is 180 Å². The number of nitrogens with one attached hydrogen (secondary N) is 2. The normalized spacial score (nSPS) is 18.7. The lowest BCUT2D eigenvalue weighted by molar-refractivity contribution is -0.130. The van der Waals surface area contributed by atoms with Crippen molar-refractivity contribution < 1.29 is 18.8 Å². The first-order chi connectivity index (χ1) is 14.9. The zero-order valence-corrected chi connectivity index (χ0v) is 18.3. The topological polar surface area (TPSA) is 100 Å². The summed E-state index contributed by atoms with van der Waals surface area (Å²) in [6.07, 6.45) is 2.68. The number of nitrogens with zero attached hydrogens (tertiary/aromatic N) is 2. The van der Waals surface area contributed by atoms with Crippen molar-refractivity contribution in [2.24, 2.45) is 5.41 Å². The van der Waals surface area contributed by atoms with E-state index in [2.05, 4.69) is 15.5 Å². The average Bonchev–Trinajstić information content (AvgIpc) is 3.51. The third-order valence-corrected chi connectivity index (χ3v) is 6.15. The fourth-order valence-corrected chi connectivity index (χ4v) is 4.31. The number of aromatic amines is 1. The van der Waals surface area contributed by atoms with Crippen molar-refractivity contribution in [2.75, 3.05) is 27.2 Å². The summed E-state index contributed by atoms with van der Waals surface area (Å²) in [7, 11) is 3.22. The molecule has 0 saturated carbocycles. The number of fused-ring (bicyclic) bond motifs is 1. The fraction of sp³-hybridized carbons (Fsp3) is 0.435. The van der Waals surface area contributed by atoms with Crippen molar-refractivity contribution in [1.29, 1.82) is 0 Å². The first-order valence-electron chi connectivity index (χ1n) is 10.5. The molecule has 31 heavy (non-hydrogen) atoms. The third kappa shape index (κ3) is 3.78. The van der Waals surface area contributed by atoms with Crippen LogP contribution in [0.25, 0.3) is 10.9 Å². The smallest absolute Gasteiger partial charge is 0.256 e. The Morgan fingerprint density at radius 3 is 2.84 bits per heavy atom. The van der Waals surface area contributed by atoms with Crippen LogP contribution in [0.3, 0.4) is 0 Å². The van der Waals surface area contributed by atoms with E-state index in [1.54, 1.807) is 25.3 Å². The maximum atomic E-state index is 13.4. The zero-order valence-electron chi connectivity index (χ0n) is 18.3. The van der Waals surface area contributed by atoms with Gasteiger partial charge in [0.1, 0.15) is 11.5 Å². The van der Waals surface area contributed by atoms with Crippen LogP contribution in [0.15, 0.2) is 35.0 Å². The van der Waals surface area contributed by atoms with Crippen LogP contribution in [-0.4, -0.2) is 54.1 Å². The van der Waals surface area contributed by atoms with E-state index in [-0.39, 0.29) is 17.7 Å². The summed E-state index contributed by atoms with van der Waals surface area (Å²) in [6, 6.07) is 7.50. The van der Waals surface area contributed by atoms with E-state index >= 15 is 0 Å². The predicted octanol–water partition coefficient (Wildman–Crippen LogP) is 3.11. The van der Waals surface area contributed by atoms with Crippen LogP contribution in [-0.2, 0) is 11.2 Å². The van der Waals surface area contributed by atoms with E-state index < -0.39 is 5.41 Å². The van der Waals surface area contributed by atoms with E-state index in [0.29, 0.717) is 43.0 Å². The number of carbonyl (C=O) groups is 2. The Hall–Kier alpha value is -3.29. The molecule has 0 bridgehead atoms. The van der Waals surface area contributed by atoms with Crippen molar-refractivity contribution in [1.82, 2.24) is 20.4 Å². The molecule has 2 amide bonds. The highest BCUT2D eigenvalue weighted by molar-refractivity contribution is 6.07. The number of ether oxygens (including phenoxy) is 1. The molecular weight excluding hydrogens is 396 g/mol. The lowest BCUT2D eigenvalue weighted by atomic mass is 9.81. The highest BCUT2D eigenvalue weighted by atomic mass is 16.5. The minimum Gasteiger partial charge on any atom is -0.497 e. The quantitative estimate of drug-likeness (QED) is 0.633. The van der Waals surface area contributed by atoms with Crippen LogP contribution < -0.4 is 10.1 Å². The van der Waals surface area contributed by atoms with Crippen molar-refractivity contribution in [3.8, 4) is 5.75 Å². The van der Waals surface area contributed by atoms with Gasteiger partial charge in [-0.15, -0.1) is 0 Å². The molecule has 3 heterocycles. The number of methoxy groups -OCH3 is 1. The third-order valence-electron chi connectivity index (χ3n) is 6.15. The van der Waals surface area contributed by atoms with Gasteiger partial charge in [0, 0.05) is 49.7 Å². The number of carbonyl (C=O) groups excluding carboxylic acids is 2. The molecule has 1 aromatic carbocycles. The van der Waals surface area contributed by atoms with Gasteiger partial charge in [0.2, 0.25) is 5.91 Å². The standard InChI is InChI=1S/C23H28N4O4/c1-14(2)20-10-16(31-26-20)11-23(22(29)24-3)7-8-27(13-23)21(28)18-12-25-19-6-5-15(30-4)9-17(18)19/h5-6,9-10,12,14,25H,7-8,11,13H2,1-4H3,(H,24,29)/t23-/m0/s1. The van der Waals surface area contributed by atoms with Gasteiger partial charge in [-0.3, -0.25) is 9.59 Å². The Kier molecular flexibility index (Phi) is 5.47. The second-order valence-corrected chi connectivity index (χ2v) is 8.50. The van der Waals surface area contributed by atoms with Gasteiger partial charge < -0.3 is 24.5 Å². The molecule has 1 atom stereocenters. The van der Waals surface area contributed by atoms with Crippen LogP contribution in [0.4, 0.5) is 0 Å². The lowest BCUT2D eigenvalue weighted by Gasteiger charge is -2.26. The summed E-state index contributed by atoms with van der Waals surface area (Å²) in [5.74, 6) is 1.40. The van der Waals surface area contributed by atoms with Crippen LogP contribution in [0.2, 0.25) is 0 Å². The fourth-order valence-electron chi connectivity index (χ4n) is 4.31. The second-order valence-electron chi connectivity index (χ2n) is 8.50. The zero-order chi connectivity index (χ0) is 22.2. The summed E-state index contributed by atoms with van der Waals surface area (Å²) in [4.78, 5) is 31.2. The summed E-state index contributed by atoms with van der Waals surface area (Å²) in [5.41, 5.74) is 1.55. The molecule has 4 rings (SSSR count). The number of hydrogen-bond donors (Lipinski definition) is 2. The first-order valence-corrected chi connectivity index (χ1v) is 10.5. The molecule has 2 aromatic heterocycles. The molecule has 0 radical (unpaired) electrons. The SMILES string of the molecule is CNC(=O)[C@]1(Cc2cc(C(C)C)no2)CCN(C(=O)c2c[nH]c3ccc(OC)cc23)C1. The van der Waals surface area contributed by atoms with Gasteiger partial charge >= 0.3 is 0 Å². The molecule has 0 unspecified atom stereocenters. The van der Waals surface area contributed by atoms with E-state index in [9.17, 15) is 9.59 Å². The van der Waals surface area contributed by atoms with Gasteiger partial charge in [0.25, 0.3) is 5.91 Å². The van der Waals surface area contributed by atoms with Crippen molar-refractivity contribution in [3.05, 3.63) is 47.5 Å². The largest absolute Gasteiger partial charge is 0.497 e. The Morgan fingerprint density at radius 1 is 1.35 bits per heavy atom. The number of amides is 2. The van der Waals surface area contributed by atoms with Crippen LogP contribution >= 0.6 is 0 Å². The number of benzene rings is 1. The Balaban J connectivity index is 1.60. The van der Waals surface area contributed by atoms with Crippen molar-refractivity contribution >= 4 is 22.7 Å². The predicted molar refractivity (Wildman–Crippen MR) is 116 cm³/mol. The molecule has 1 fully saturated rings. The summed E-state index contributed by atoms with van der Waals surface area (Å²) in [5, 5.41) is 7.70. The summed E-state index contributed by atoms with van der Waals surface area (Å²) >= 11 is 0. The van der Waals surface area contributed by atoms with E-state index in [4.69, 9.17) is 9.26 Å². The maximum absolute atomic E-state index is 13.4. The van der Waals surface area contributed by atoms with Crippen LogP contribution in [0, 0.1) is 5.41 Å². The van der Waals surface area contributed by atoms with Gasteiger partial charge in [0.15, 0.2) is 0 Å². The molecule has 8 heteroatoms. The second kappa shape index (κ2) is 8.09. The van der Waals surface area contributed by atoms with Gasteiger partial charge in [0.05, 0.1) is 23.8 Å². The maximum Gasteiger partial charge on any atom is 0.256 e. The minimum absolute atomic E-state index is 0.0918. The Morgan fingerprint density at radius 2 is 2.16 bits per heavy atom. The molecule has 0 aliphatic carbocycles. The minimum atomic E-state index is -0.748. The van der Waals surface area contributed by atoms with Gasteiger partial charge in [-0.25, -0.2) is 0 Å². The number of aromatic nitrogens is 2. The molecule has 1 saturated heterocycles. The molecular formula is C23H28N4O4. The lowest BCUT2D eigenvalue weighted by Crippen LogP contribution is -2.44. The van der Waals surface area contributed by atoms with Crippen LogP contribution in [0.1, 0.15) is 48.0 Å². The number of likely N-dealkylation sites (tertiary alicyclic amines) is 1. The van der Waals surface area contributed by atoms with Crippen molar-refractivity contribution in [2.45, 2.75) is 32.6 Å². The van der Waals surface area contributed by atoms with E-state index in [0.717, 1.165) is 16.6 Å². The van der Waals surface area contributed by atoms with E-state index in [1.807, 2.05) is 38.1 Å². The molecule has 3 aromatic rings. The number of rotatable bonds is 6. The highest BCUT2D eigenvalue weighted by Crippen LogP contribution is 2.36. The average molecular weight is 425 g/mol. The molecule has 1 aliphatic rings. The summed E-state index contributed by atoms with van der Waals surface area (Å²) in [6.45, 7) is 4.90.